The molecule has 0 spiro atoms. The lowest BCUT2D eigenvalue weighted by molar-refractivity contribution is 0.100. The predicted octanol–water partition coefficient (Wildman–Crippen LogP) is 0.280. The van der Waals surface area contributed by atoms with Gasteiger partial charge in [-0.2, -0.15) is 5.21 Å². The first kappa shape index (κ1) is 15.8. The maximum Gasteiger partial charge on any atom is 0.248 e. The fourth-order valence-corrected chi connectivity index (χ4v) is 3.08. The lowest BCUT2D eigenvalue weighted by Gasteiger charge is -2.11. The summed E-state index contributed by atoms with van der Waals surface area (Å²) in [4.78, 5) is 11.1. The summed E-state index contributed by atoms with van der Waals surface area (Å²) < 4.78 is 23.8. The molecule has 0 aliphatic rings. The van der Waals surface area contributed by atoms with Crippen molar-refractivity contribution in [2.45, 2.75) is 4.90 Å². The molecule has 0 aliphatic carbocycles. The molecular formula is C14H12N6O3S. The van der Waals surface area contributed by atoms with E-state index in [2.05, 4.69) is 20.6 Å². The molecule has 0 saturated heterocycles. The van der Waals surface area contributed by atoms with Crippen LogP contribution in [0.15, 0.2) is 47.4 Å². The third-order valence-electron chi connectivity index (χ3n) is 3.38. The second-order valence-corrected chi connectivity index (χ2v) is 6.43. The van der Waals surface area contributed by atoms with Crippen molar-refractivity contribution in [2.24, 2.45) is 10.9 Å². The summed E-state index contributed by atoms with van der Waals surface area (Å²) in [5.74, 6) is -0.466. The van der Waals surface area contributed by atoms with Crippen LogP contribution >= 0.6 is 0 Å². The molecule has 0 atom stereocenters. The molecule has 0 bridgehead atoms. The molecule has 3 aromatic rings. The van der Waals surface area contributed by atoms with E-state index < -0.39 is 15.9 Å². The molecule has 0 saturated carbocycles. The molecular weight excluding hydrogens is 332 g/mol. The molecule has 9 nitrogen and oxygen atoms in total. The van der Waals surface area contributed by atoms with Gasteiger partial charge in [0.25, 0.3) is 0 Å². The Morgan fingerprint density at radius 1 is 1.08 bits per heavy atom. The number of nitrogens with one attached hydrogen (secondary N) is 1. The number of sulfonamides is 1. The third-order valence-corrected chi connectivity index (χ3v) is 4.34. The molecule has 1 aromatic heterocycles. The van der Waals surface area contributed by atoms with Crippen LogP contribution in [-0.2, 0) is 10.0 Å². The number of carbonyl (C=O) groups is 1. The molecule has 24 heavy (non-hydrogen) atoms. The Morgan fingerprint density at radius 2 is 1.79 bits per heavy atom. The van der Waals surface area contributed by atoms with Gasteiger partial charge in [-0.1, -0.05) is 24.3 Å². The van der Waals surface area contributed by atoms with Gasteiger partial charge in [0.1, 0.15) is 0 Å². The predicted molar refractivity (Wildman–Crippen MR) is 84.9 cm³/mol. The Bertz CT molecular complexity index is 997. The van der Waals surface area contributed by atoms with E-state index in [0.29, 0.717) is 16.7 Å². The largest absolute Gasteiger partial charge is 0.366 e. The van der Waals surface area contributed by atoms with Gasteiger partial charge in [0.15, 0.2) is 0 Å². The Balaban J connectivity index is 2.27. The monoisotopic (exact) mass is 344 g/mol. The van der Waals surface area contributed by atoms with Crippen LogP contribution < -0.4 is 10.9 Å². The summed E-state index contributed by atoms with van der Waals surface area (Å²) in [6.07, 6.45) is 0. The fourth-order valence-electron chi connectivity index (χ4n) is 2.32. The summed E-state index contributed by atoms with van der Waals surface area (Å²) in [7, 11) is -4.01. The van der Waals surface area contributed by atoms with Gasteiger partial charge in [-0.15, -0.1) is 10.2 Å². The summed E-state index contributed by atoms with van der Waals surface area (Å²) in [5, 5.41) is 18.7. The fraction of sp³-hybridized carbons (Fsp3) is 0. The first-order valence-corrected chi connectivity index (χ1v) is 8.22. The standard InChI is InChI=1S/C14H12N6O3S/c15-13(21)9-6-4-8(5-7-9)10-2-1-3-11(24(16,22)23)12(10)14-17-19-20-18-14/h1-7H,(H2,15,21)(H2,16,22,23)(H,17,18,19,20). The van der Waals surface area contributed by atoms with Crippen LogP contribution in [0.2, 0.25) is 0 Å². The molecule has 2 aromatic carbocycles. The van der Waals surface area contributed by atoms with Gasteiger partial charge >= 0.3 is 0 Å². The average molecular weight is 344 g/mol. The molecule has 5 N–H and O–H groups in total. The maximum atomic E-state index is 11.9. The van der Waals surface area contributed by atoms with Crippen molar-refractivity contribution in [2.75, 3.05) is 0 Å². The van der Waals surface area contributed by atoms with E-state index in [-0.39, 0.29) is 16.3 Å². The van der Waals surface area contributed by atoms with Crippen LogP contribution in [0, 0.1) is 0 Å². The minimum atomic E-state index is -4.01. The highest BCUT2D eigenvalue weighted by Gasteiger charge is 2.22. The van der Waals surface area contributed by atoms with Crippen molar-refractivity contribution < 1.29 is 13.2 Å². The average Bonchev–Trinajstić information content (AvgIpc) is 3.07. The van der Waals surface area contributed by atoms with E-state index in [1.54, 1.807) is 36.4 Å². The molecule has 0 fully saturated rings. The Morgan fingerprint density at radius 3 is 2.33 bits per heavy atom. The van der Waals surface area contributed by atoms with Crippen molar-refractivity contribution >= 4 is 15.9 Å². The van der Waals surface area contributed by atoms with E-state index in [9.17, 15) is 13.2 Å². The quantitative estimate of drug-likeness (QED) is 0.616. The number of hydrogen-bond donors (Lipinski definition) is 3. The zero-order valence-electron chi connectivity index (χ0n) is 12.2. The summed E-state index contributed by atoms with van der Waals surface area (Å²) in [6, 6.07) is 11.0. The van der Waals surface area contributed by atoms with E-state index >= 15 is 0 Å². The molecule has 0 radical (unpaired) electrons. The zero-order valence-corrected chi connectivity index (χ0v) is 13.0. The smallest absolute Gasteiger partial charge is 0.248 e. The summed E-state index contributed by atoms with van der Waals surface area (Å²) in [6.45, 7) is 0. The van der Waals surface area contributed by atoms with Crippen molar-refractivity contribution in [3.8, 4) is 22.5 Å². The van der Waals surface area contributed by atoms with Crippen molar-refractivity contribution in [1.82, 2.24) is 20.6 Å². The van der Waals surface area contributed by atoms with Crippen molar-refractivity contribution in [3.63, 3.8) is 0 Å². The summed E-state index contributed by atoms with van der Waals surface area (Å²) >= 11 is 0. The van der Waals surface area contributed by atoms with Crippen LogP contribution in [0.4, 0.5) is 0 Å². The number of nitrogens with zero attached hydrogens (tertiary/aromatic N) is 3. The van der Waals surface area contributed by atoms with Crippen LogP contribution in [-0.4, -0.2) is 34.9 Å². The number of primary amides is 1. The lowest BCUT2D eigenvalue weighted by Crippen LogP contribution is -2.14. The SMILES string of the molecule is NC(=O)c1ccc(-c2cccc(S(N)(=O)=O)c2-c2nn[nH]n2)cc1. The number of carbonyl (C=O) groups excluding carboxylic acids is 1. The number of aromatic nitrogens is 4. The van der Waals surface area contributed by atoms with Gasteiger partial charge in [0.05, 0.1) is 10.5 Å². The first-order chi connectivity index (χ1) is 11.4. The number of rotatable bonds is 4. The number of H-pyrrole nitrogens is 1. The number of amides is 1. The van der Waals surface area contributed by atoms with E-state index in [1.807, 2.05) is 0 Å². The molecule has 122 valence electrons. The van der Waals surface area contributed by atoms with Gasteiger partial charge in [0, 0.05) is 5.56 Å². The number of hydrogen-bond acceptors (Lipinski definition) is 6. The first-order valence-electron chi connectivity index (χ1n) is 6.68. The van der Waals surface area contributed by atoms with Crippen LogP contribution in [0.1, 0.15) is 10.4 Å². The van der Waals surface area contributed by atoms with E-state index in [1.165, 1.54) is 6.07 Å². The van der Waals surface area contributed by atoms with Gasteiger partial charge in [-0.05, 0) is 34.5 Å². The summed E-state index contributed by atoms with van der Waals surface area (Å²) in [5.41, 5.74) is 6.95. The van der Waals surface area contributed by atoms with Gasteiger partial charge in [0.2, 0.25) is 21.8 Å². The third kappa shape index (κ3) is 2.87. The van der Waals surface area contributed by atoms with Crippen LogP contribution in [0.3, 0.4) is 0 Å². The highest BCUT2D eigenvalue weighted by molar-refractivity contribution is 7.89. The van der Waals surface area contributed by atoms with E-state index in [0.717, 1.165) is 0 Å². The number of primary sulfonamides is 1. The van der Waals surface area contributed by atoms with E-state index in [4.69, 9.17) is 10.9 Å². The molecule has 10 heteroatoms. The molecule has 0 aliphatic heterocycles. The van der Waals surface area contributed by atoms with Gasteiger partial charge in [-0.3, -0.25) is 4.79 Å². The molecule has 0 unspecified atom stereocenters. The topological polar surface area (TPSA) is 158 Å². The highest BCUT2D eigenvalue weighted by atomic mass is 32.2. The molecule has 1 heterocycles. The Hall–Kier alpha value is -3.11. The Labute approximate surface area is 136 Å². The van der Waals surface area contributed by atoms with Crippen LogP contribution in [0.25, 0.3) is 22.5 Å². The second kappa shape index (κ2) is 5.83. The number of aromatic amines is 1. The van der Waals surface area contributed by atoms with Crippen molar-refractivity contribution in [1.29, 1.82) is 0 Å². The Kier molecular flexibility index (Phi) is 3.83. The lowest BCUT2D eigenvalue weighted by atomic mass is 9.98. The normalized spacial score (nSPS) is 11.4. The number of tetrazole rings is 1. The molecule has 1 amide bonds. The minimum Gasteiger partial charge on any atom is -0.366 e. The van der Waals surface area contributed by atoms with Crippen LogP contribution in [0.5, 0.6) is 0 Å². The van der Waals surface area contributed by atoms with Gasteiger partial charge in [-0.25, -0.2) is 13.6 Å². The second-order valence-electron chi connectivity index (χ2n) is 4.90. The van der Waals surface area contributed by atoms with Crippen molar-refractivity contribution in [3.05, 3.63) is 48.0 Å². The molecule has 3 rings (SSSR count). The minimum absolute atomic E-state index is 0.0913. The maximum absolute atomic E-state index is 11.9. The zero-order chi connectivity index (χ0) is 17.3. The number of benzene rings is 2. The number of nitrogens with two attached hydrogens (primary N) is 2. The highest BCUT2D eigenvalue weighted by Crippen LogP contribution is 2.34. The van der Waals surface area contributed by atoms with Gasteiger partial charge < -0.3 is 5.73 Å².